The van der Waals surface area contributed by atoms with Crippen LogP contribution in [0.15, 0.2) is 66.8 Å². The first-order chi connectivity index (χ1) is 26.1. The second-order valence-electron chi connectivity index (χ2n) is 19.7. The van der Waals surface area contributed by atoms with E-state index in [-0.39, 0.29) is 51.1 Å². The summed E-state index contributed by atoms with van der Waals surface area (Å²) < 4.78 is 16.2. The van der Waals surface area contributed by atoms with Crippen molar-refractivity contribution in [2.45, 2.75) is 112 Å². The lowest BCUT2D eigenvalue weighted by Crippen LogP contribution is -2.69. The van der Waals surface area contributed by atoms with Crippen molar-refractivity contribution in [2.24, 2.45) is 56.7 Å². The Morgan fingerprint density at radius 1 is 1.02 bits per heavy atom. The summed E-state index contributed by atoms with van der Waals surface area (Å²) >= 11 is 0. The normalized spacial score (nSPS) is 39.3. The predicted octanol–water partition coefficient (Wildman–Crippen LogP) is 9.24. The maximum atomic E-state index is 13.6. The van der Waals surface area contributed by atoms with Crippen LogP contribution in [0.3, 0.4) is 0 Å². The zero-order valence-electron chi connectivity index (χ0n) is 34.3. The molecule has 2 aromatic heterocycles. The molecule has 296 valence electrons. The Bertz CT molecular complexity index is 1950. The molecule has 3 N–H and O–H groups in total. The van der Waals surface area contributed by atoms with Crippen molar-refractivity contribution in [3.63, 3.8) is 0 Å². The van der Waals surface area contributed by atoms with E-state index in [2.05, 4.69) is 77.2 Å². The fourth-order valence-corrected chi connectivity index (χ4v) is 13.6. The van der Waals surface area contributed by atoms with E-state index in [9.17, 15) is 9.90 Å². The average Bonchev–Trinajstić information content (AvgIpc) is 3.64. The third-order valence-corrected chi connectivity index (χ3v) is 17.0. The molecular formula is C46H63N5O4. The van der Waals surface area contributed by atoms with Crippen molar-refractivity contribution in [2.75, 3.05) is 25.6 Å². The topological polar surface area (TPSA) is 125 Å². The smallest absolute Gasteiger partial charge is 0.307 e. The number of nitrogen functional groups attached to an aromatic ring is 1. The van der Waals surface area contributed by atoms with Gasteiger partial charge in [0.2, 0.25) is 0 Å². The number of carbonyl (C=O) groups is 1. The van der Waals surface area contributed by atoms with Crippen LogP contribution in [0.5, 0.6) is 0 Å². The minimum Gasteiger partial charge on any atom is -0.481 e. The molecule has 3 heterocycles. The highest BCUT2D eigenvalue weighted by Crippen LogP contribution is 2.75. The maximum absolute atomic E-state index is 13.6. The molecule has 1 aliphatic heterocycles. The Labute approximate surface area is 327 Å². The first-order valence-electron chi connectivity index (χ1n) is 20.9. The Morgan fingerprint density at radius 2 is 1.76 bits per heavy atom. The summed E-state index contributed by atoms with van der Waals surface area (Å²) in [4.78, 5) is 22.7. The summed E-state index contributed by atoms with van der Waals surface area (Å²) in [5, 5.41) is 16.2. The molecule has 8 rings (SSSR count). The van der Waals surface area contributed by atoms with Crippen LogP contribution in [0, 0.1) is 56.7 Å². The Hall–Kier alpha value is -3.56. The highest BCUT2D eigenvalue weighted by Gasteiger charge is 2.72. The number of ether oxygens (including phenoxy) is 2. The number of benzene rings is 1. The number of aliphatic carboxylic acids is 1. The van der Waals surface area contributed by atoms with Gasteiger partial charge in [-0.3, -0.25) is 9.78 Å². The molecule has 0 unspecified atom stereocenters. The van der Waals surface area contributed by atoms with Crippen LogP contribution in [0.4, 0.5) is 5.69 Å². The monoisotopic (exact) mass is 749 g/mol. The van der Waals surface area contributed by atoms with Crippen molar-refractivity contribution in [3.05, 3.63) is 72.3 Å². The summed E-state index contributed by atoms with van der Waals surface area (Å²) in [6.45, 7) is 20.3. The fourth-order valence-electron chi connectivity index (χ4n) is 13.6. The number of hydrogen-bond acceptors (Lipinski definition) is 7. The van der Waals surface area contributed by atoms with Gasteiger partial charge in [0.25, 0.3) is 0 Å². The van der Waals surface area contributed by atoms with E-state index in [1.54, 1.807) is 6.33 Å². The molecular weight excluding hydrogens is 687 g/mol. The summed E-state index contributed by atoms with van der Waals surface area (Å²) in [5.41, 5.74) is 9.50. The number of hydrogen-bond donors (Lipinski definition) is 2. The summed E-state index contributed by atoms with van der Waals surface area (Å²) in [6, 6.07) is 12.0. The SMILES string of the molecule is CC(C)[C@@H](C)[C@@]1(C)CC[C@]2(C)[C@H]3CC[C@@H]4[C@@]5(COC[C@@]4(C)[C@@H](OC[C@H](C)c4ccccc4N)[C@H](n4ncnc4-c4ccncc4)C5)C3=CC[C@@]2(C)[C@@H]1C(=O)O. The van der Waals surface area contributed by atoms with Crippen LogP contribution in [0.1, 0.15) is 111 Å². The third kappa shape index (κ3) is 5.52. The lowest BCUT2D eigenvalue weighted by molar-refractivity contribution is -0.250. The van der Waals surface area contributed by atoms with Gasteiger partial charge in [-0.1, -0.05) is 85.2 Å². The summed E-state index contributed by atoms with van der Waals surface area (Å²) in [6.07, 6.45) is 13.3. The summed E-state index contributed by atoms with van der Waals surface area (Å²) in [7, 11) is 0. The largest absolute Gasteiger partial charge is 0.481 e. The molecule has 0 amide bonds. The predicted molar refractivity (Wildman–Crippen MR) is 215 cm³/mol. The number of carboxylic acids is 1. The molecule has 55 heavy (non-hydrogen) atoms. The third-order valence-electron chi connectivity index (χ3n) is 17.0. The van der Waals surface area contributed by atoms with Gasteiger partial charge in [0.1, 0.15) is 6.33 Å². The van der Waals surface area contributed by atoms with E-state index in [4.69, 9.17) is 25.3 Å². The van der Waals surface area contributed by atoms with Gasteiger partial charge >= 0.3 is 5.97 Å². The van der Waals surface area contributed by atoms with Crippen molar-refractivity contribution < 1.29 is 19.4 Å². The highest BCUT2D eigenvalue weighted by atomic mass is 16.5. The van der Waals surface area contributed by atoms with Crippen LogP contribution in [-0.4, -0.2) is 56.7 Å². The molecule has 4 aliphatic carbocycles. The number of fused-ring (bicyclic) bond motifs is 3. The Kier molecular flexibility index (Phi) is 9.43. The molecule has 3 saturated carbocycles. The zero-order valence-corrected chi connectivity index (χ0v) is 34.3. The second-order valence-corrected chi connectivity index (χ2v) is 19.7. The number of rotatable bonds is 9. The maximum Gasteiger partial charge on any atom is 0.307 e. The second kappa shape index (κ2) is 13.5. The van der Waals surface area contributed by atoms with E-state index >= 15 is 0 Å². The van der Waals surface area contributed by atoms with Crippen molar-refractivity contribution in [3.8, 4) is 11.4 Å². The Morgan fingerprint density at radius 3 is 2.47 bits per heavy atom. The van der Waals surface area contributed by atoms with Gasteiger partial charge in [-0.15, -0.1) is 0 Å². The van der Waals surface area contributed by atoms with Crippen molar-refractivity contribution >= 4 is 11.7 Å². The molecule has 1 aromatic carbocycles. The molecule has 0 radical (unpaired) electrons. The number of nitrogens with zero attached hydrogens (tertiary/aromatic N) is 4. The van der Waals surface area contributed by atoms with Gasteiger partial charge < -0.3 is 20.3 Å². The van der Waals surface area contributed by atoms with Crippen LogP contribution in [0.2, 0.25) is 0 Å². The van der Waals surface area contributed by atoms with E-state index in [0.29, 0.717) is 37.6 Å². The molecule has 12 atom stereocenters. The van der Waals surface area contributed by atoms with Gasteiger partial charge in [-0.2, -0.15) is 5.10 Å². The van der Waals surface area contributed by atoms with Gasteiger partial charge in [0.15, 0.2) is 5.82 Å². The van der Waals surface area contributed by atoms with Crippen LogP contribution >= 0.6 is 0 Å². The Balaban J connectivity index is 1.23. The average molecular weight is 750 g/mol. The van der Waals surface area contributed by atoms with Crippen LogP contribution < -0.4 is 5.73 Å². The van der Waals surface area contributed by atoms with E-state index < -0.39 is 11.9 Å². The van der Waals surface area contributed by atoms with E-state index in [0.717, 1.165) is 61.2 Å². The van der Waals surface area contributed by atoms with Crippen molar-refractivity contribution in [1.82, 2.24) is 19.7 Å². The van der Waals surface area contributed by atoms with Gasteiger partial charge in [0.05, 0.1) is 37.9 Å². The molecule has 4 fully saturated rings. The molecule has 2 bridgehead atoms. The lowest BCUT2D eigenvalue weighted by atomic mass is 9.34. The van der Waals surface area contributed by atoms with Crippen molar-refractivity contribution in [1.29, 1.82) is 0 Å². The fraction of sp³-hybridized carbons (Fsp3) is 0.652. The minimum absolute atomic E-state index is 0.101. The number of carboxylic acid groups (broad SMARTS) is 1. The number of pyridine rings is 1. The van der Waals surface area contributed by atoms with Crippen LogP contribution in [-0.2, 0) is 14.3 Å². The van der Waals surface area contributed by atoms with Gasteiger partial charge in [-0.25, -0.2) is 9.67 Å². The number of allylic oxidation sites excluding steroid dienone is 1. The highest BCUT2D eigenvalue weighted by molar-refractivity contribution is 5.73. The van der Waals surface area contributed by atoms with E-state index in [1.165, 1.54) is 5.57 Å². The quantitative estimate of drug-likeness (QED) is 0.164. The molecule has 1 saturated heterocycles. The first kappa shape index (κ1) is 38.3. The number of anilines is 1. The standard InChI is InChI=1S/C46H63N5O4/c1-28(2)30(4)42(5)19-20-44(7)33-13-14-37-43(6)25-54-26-46(37,34(33)15-18-45(44,8)38(42)41(52)53)23-36(51-40(49-27-50-51)31-16-21-48-22-17-31)39(43)55-24-29(3)32-11-9-10-12-35(32)47/h9-12,15-17,21-22,27-30,33,36-39H,13-14,18-20,23-26,47H2,1-8H3,(H,52,53)/t29-,30+,33-,36+,37-,38+,39-,42+,43+,44+,45-,46-/m0/s1. The lowest BCUT2D eigenvalue weighted by Gasteiger charge is -2.71. The van der Waals surface area contributed by atoms with Gasteiger partial charge in [-0.05, 0) is 102 Å². The molecule has 3 aromatic rings. The zero-order chi connectivity index (χ0) is 39.1. The number of para-hydroxylation sites is 1. The first-order valence-corrected chi connectivity index (χ1v) is 20.9. The molecule has 9 nitrogen and oxygen atoms in total. The molecule has 0 spiro atoms. The van der Waals surface area contributed by atoms with Gasteiger partial charge in [0, 0.05) is 40.4 Å². The molecule has 9 heteroatoms. The molecule has 5 aliphatic rings. The number of aromatic nitrogens is 4. The summed E-state index contributed by atoms with van der Waals surface area (Å²) in [5.74, 6) is 1.22. The number of nitrogens with two attached hydrogens (primary N) is 1. The minimum atomic E-state index is -0.625. The van der Waals surface area contributed by atoms with E-state index in [1.807, 2.05) is 42.7 Å². The van der Waals surface area contributed by atoms with Crippen LogP contribution in [0.25, 0.3) is 11.4 Å².